The van der Waals surface area contributed by atoms with Crippen molar-refractivity contribution in [2.24, 2.45) is 5.92 Å². The number of amides is 1. The number of hydrogen-bond donors (Lipinski definition) is 0. The second-order valence-corrected chi connectivity index (χ2v) is 6.27. The average molecular weight is 294 g/mol. The van der Waals surface area contributed by atoms with E-state index >= 15 is 0 Å². The Balaban J connectivity index is 1.94. The van der Waals surface area contributed by atoms with Crippen LogP contribution >= 0.6 is 0 Å². The first kappa shape index (κ1) is 14.8. The van der Waals surface area contributed by atoms with Gasteiger partial charge in [0.1, 0.15) is 0 Å². The average Bonchev–Trinajstić information content (AvgIpc) is 2.52. The summed E-state index contributed by atoms with van der Waals surface area (Å²) in [5.74, 6) is 0.241. The van der Waals surface area contributed by atoms with Crippen molar-refractivity contribution in [3.8, 4) is 0 Å². The lowest BCUT2D eigenvalue weighted by Crippen LogP contribution is -2.58. The van der Waals surface area contributed by atoms with Crippen molar-refractivity contribution in [3.05, 3.63) is 65.7 Å². The van der Waals surface area contributed by atoms with E-state index in [-0.39, 0.29) is 17.9 Å². The van der Waals surface area contributed by atoms with E-state index in [1.165, 1.54) is 11.1 Å². The third-order valence-corrected chi connectivity index (χ3v) is 4.23. The monoisotopic (exact) mass is 294 g/mol. The summed E-state index contributed by atoms with van der Waals surface area (Å²) >= 11 is 0. The van der Waals surface area contributed by atoms with E-state index in [1.807, 2.05) is 49.3 Å². The number of carbonyl (C=O) groups is 1. The SMILES string of the molecule is Cc1ccc(N2C(=O)[C@H](CN(C)C)[C@H]2c2ccccc2)cc1. The van der Waals surface area contributed by atoms with Crippen LogP contribution in [0.4, 0.5) is 5.69 Å². The van der Waals surface area contributed by atoms with E-state index in [0.717, 1.165) is 12.2 Å². The molecule has 3 nitrogen and oxygen atoms in total. The van der Waals surface area contributed by atoms with Crippen LogP contribution in [-0.2, 0) is 4.79 Å². The number of rotatable bonds is 4. The van der Waals surface area contributed by atoms with Gasteiger partial charge in [-0.15, -0.1) is 0 Å². The molecule has 0 bridgehead atoms. The highest BCUT2D eigenvalue weighted by Gasteiger charge is 2.48. The highest BCUT2D eigenvalue weighted by atomic mass is 16.2. The molecule has 1 aliphatic rings. The second kappa shape index (κ2) is 5.93. The smallest absolute Gasteiger partial charge is 0.234 e. The molecule has 3 rings (SSSR count). The normalized spacial score (nSPS) is 21.1. The van der Waals surface area contributed by atoms with E-state index in [0.29, 0.717) is 0 Å². The molecule has 0 radical (unpaired) electrons. The van der Waals surface area contributed by atoms with Crippen LogP contribution < -0.4 is 4.90 Å². The molecule has 114 valence electrons. The molecular formula is C19H22N2O. The van der Waals surface area contributed by atoms with Gasteiger partial charge in [-0.05, 0) is 38.7 Å². The lowest BCUT2D eigenvalue weighted by Gasteiger charge is -2.48. The first-order valence-corrected chi connectivity index (χ1v) is 7.67. The third-order valence-electron chi connectivity index (χ3n) is 4.23. The van der Waals surface area contributed by atoms with E-state index in [2.05, 4.69) is 36.1 Å². The number of nitrogens with zero attached hydrogens (tertiary/aromatic N) is 2. The van der Waals surface area contributed by atoms with Crippen LogP contribution in [0.25, 0.3) is 0 Å². The van der Waals surface area contributed by atoms with Gasteiger partial charge in [0, 0.05) is 12.2 Å². The highest BCUT2D eigenvalue weighted by Crippen LogP contribution is 2.43. The van der Waals surface area contributed by atoms with E-state index < -0.39 is 0 Å². The number of aryl methyl sites for hydroxylation is 1. The van der Waals surface area contributed by atoms with Gasteiger partial charge in [-0.25, -0.2) is 0 Å². The van der Waals surface area contributed by atoms with Gasteiger partial charge in [-0.3, -0.25) is 4.79 Å². The first-order valence-electron chi connectivity index (χ1n) is 7.67. The number of benzene rings is 2. The van der Waals surface area contributed by atoms with Gasteiger partial charge in [-0.1, -0.05) is 48.0 Å². The minimum Gasteiger partial charge on any atom is -0.309 e. The highest BCUT2D eigenvalue weighted by molar-refractivity contribution is 6.03. The second-order valence-electron chi connectivity index (χ2n) is 6.27. The molecule has 0 aromatic heterocycles. The predicted octanol–water partition coefficient (Wildman–Crippen LogP) is 3.26. The van der Waals surface area contributed by atoms with Crippen LogP contribution in [0.3, 0.4) is 0 Å². The van der Waals surface area contributed by atoms with Crippen molar-refractivity contribution in [1.29, 1.82) is 0 Å². The Hall–Kier alpha value is -2.13. The van der Waals surface area contributed by atoms with Crippen molar-refractivity contribution in [3.63, 3.8) is 0 Å². The summed E-state index contributed by atoms with van der Waals surface area (Å²) < 4.78 is 0. The molecule has 0 saturated carbocycles. The number of hydrogen-bond acceptors (Lipinski definition) is 2. The Morgan fingerprint density at radius 1 is 1.00 bits per heavy atom. The van der Waals surface area contributed by atoms with Crippen molar-refractivity contribution in [1.82, 2.24) is 4.90 Å². The summed E-state index contributed by atoms with van der Waals surface area (Å²) in [6, 6.07) is 18.6. The molecular weight excluding hydrogens is 272 g/mol. The Kier molecular flexibility index (Phi) is 3.99. The van der Waals surface area contributed by atoms with Crippen LogP contribution in [0.15, 0.2) is 54.6 Å². The zero-order valence-electron chi connectivity index (χ0n) is 13.4. The van der Waals surface area contributed by atoms with Crippen molar-refractivity contribution in [2.75, 3.05) is 25.5 Å². The molecule has 1 amide bonds. The summed E-state index contributed by atoms with van der Waals surface area (Å²) in [5, 5.41) is 0. The Morgan fingerprint density at radius 3 is 2.23 bits per heavy atom. The standard InChI is InChI=1S/C19H22N2O/c1-14-9-11-16(12-10-14)21-18(15-7-5-4-6-8-15)17(19(21)22)13-20(2)3/h4-12,17-18H,13H2,1-3H3/t17-,18-/m1/s1. The van der Waals surface area contributed by atoms with Gasteiger partial charge >= 0.3 is 0 Å². The van der Waals surface area contributed by atoms with Crippen molar-refractivity contribution in [2.45, 2.75) is 13.0 Å². The molecule has 1 saturated heterocycles. The minimum absolute atomic E-state index is 0.0266. The molecule has 2 aromatic rings. The first-order chi connectivity index (χ1) is 10.6. The molecule has 3 heteroatoms. The molecule has 1 heterocycles. The van der Waals surface area contributed by atoms with Gasteiger partial charge in [0.15, 0.2) is 0 Å². The number of anilines is 1. The summed E-state index contributed by atoms with van der Waals surface area (Å²) in [5.41, 5.74) is 3.40. The largest absolute Gasteiger partial charge is 0.309 e. The lowest BCUT2D eigenvalue weighted by atomic mass is 9.81. The molecule has 2 atom stereocenters. The molecule has 0 aliphatic carbocycles. The molecule has 1 fully saturated rings. The van der Waals surface area contributed by atoms with Crippen LogP contribution in [0.2, 0.25) is 0 Å². The maximum Gasteiger partial charge on any atom is 0.234 e. The molecule has 0 unspecified atom stereocenters. The van der Waals surface area contributed by atoms with Gasteiger partial charge < -0.3 is 9.80 Å². The van der Waals surface area contributed by atoms with Gasteiger partial charge in [0.2, 0.25) is 5.91 Å². The van der Waals surface area contributed by atoms with Crippen molar-refractivity contribution < 1.29 is 4.79 Å². The van der Waals surface area contributed by atoms with E-state index in [1.54, 1.807) is 0 Å². The minimum atomic E-state index is 0.0266. The summed E-state index contributed by atoms with van der Waals surface area (Å²) in [6.45, 7) is 2.84. The van der Waals surface area contributed by atoms with Gasteiger partial charge in [0.05, 0.1) is 12.0 Å². The van der Waals surface area contributed by atoms with E-state index in [9.17, 15) is 4.79 Å². The fraction of sp³-hybridized carbons (Fsp3) is 0.316. The number of carbonyl (C=O) groups excluding carboxylic acids is 1. The lowest BCUT2D eigenvalue weighted by molar-refractivity contribution is -0.131. The van der Waals surface area contributed by atoms with Crippen LogP contribution in [-0.4, -0.2) is 31.4 Å². The quantitative estimate of drug-likeness (QED) is 0.808. The zero-order chi connectivity index (χ0) is 15.7. The van der Waals surface area contributed by atoms with Crippen LogP contribution in [0.1, 0.15) is 17.2 Å². The number of β-lactam (4-membered cyclic amide) rings is 1. The molecule has 1 aliphatic heterocycles. The maximum absolute atomic E-state index is 12.7. The third kappa shape index (κ3) is 2.64. The zero-order valence-corrected chi connectivity index (χ0v) is 13.4. The Bertz CT molecular complexity index is 649. The van der Waals surface area contributed by atoms with Crippen LogP contribution in [0, 0.1) is 12.8 Å². The molecule has 0 spiro atoms. The summed E-state index contributed by atoms with van der Waals surface area (Å²) in [4.78, 5) is 16.7. The molecule has 2 aromatic carbocycles. The Labute approximate surface area is 132 Å². The Morgan fingerprint density at radius 2 is 1.64 bits per heavy atom. The molecule has 22 heavy (non-hydrogen) atoms. The fourth-order valence-electron chi connectivity index (χ4n) is 3.14. The van der Waals surface area contributed by atoms with Crippen molar-refractivity contribution >= 4 is 11.6 Å². The van der Waals surface area contributed by atoms with Crippen LogP contribution in [0.5, 0.6) is 0 Å². The van der Waals surface area contributed by atoms with Gasteiger partial charge in [0.25, 0.3) is 0 Å². The van der Waals surface area contributed by atoms with Gasteiger partial charge in [-0.2, -0.15) is 0 Å². The summed E-state index contributed by atoms with van der Waals surface area (Å²) in [7, 11) is 4.04. The predicted molar refractivity (Wildman–Crippen MR) is 89.9 cm³/mol. The maximum atomic E-state index is 12.7. The summed E-state index contributed by atoms with van der Waals surface area (Å²) in [6.07, 6.45) is 0. The van der Waals surface area contributed by atoms with E-state index in [4.69, 9.17) is 0 Å². The topological polar surface area (TPSA) is 23.6 Å². The molecule has 0 N–H and O–H groups in total. The fourth-order valence-corrected chi connectivity index (χ4v) is 3.14.